The van der Waals surface area contributed by atoms with Crippen LogP contribution in [0, 0.1) is 11.8 Å². The SMILES string of the molecule is COC(=O)C1CCC(C(=O)NCc2ncccc2Cl)CC1. The third-order valence-electron chi connectivity index (χ3n) is 3.90. The second-order valence-corrected chi connectivity index (χ2v) is 5.63. The fourth-order valence-corrected chi connectivity index (χ4v) is 2.81. The number of esters is 1. The second-order valence-electron chi connectivity index (χ2n) is 5.22. The molecule has 1 N–H and O–H groups in total. The Balaban J connectivity index is 1.80. The number of methoxy groups -OCH3 is 1. The van der Waals surface area contributed by atoms with Gasteiger partial charge >= 0.3 is 5.97 Å². The molecule has 2 rings (SSSR count). The molecule has 1 fully saturated rings. The van der Waals surface area contributed by atoms with Crippen LogP contribution in [-0.4, -0.2) is 24.0 Å². The molecule has 1 aromatic heterocycles. The topological polar surface area (TPSA) is 68.3 Å². The van der Waals surface area contributed by atoms with Crippen molar-refractivity contribution in [3.63, 3.8) is 0 Å². The molecule has 114 valence electrons. The molecule has 0 atom stereocenters. The molecule has 0 bridgehead atoms. The monoisotopic (exact) mass is 310 g/mol. The number of aromatic nitrogens is 1. The highest BCUT2D eigenvalue weighted by atomic mass is 35.5. The molecule has 0 aliphatic heterocycles. The van der Waals surface area contributed by atoms with Gasteiger partial charge in [0.1, 0.15) is 0 Å². The van der Waals surface area contributed by atoms with E-state index in [-0.39, 0.29) is 23.7 Å². The van der Waals surface area contributed by atoms with Crippen LogP contribution in [0.5, 0.6) is 0 Å². The fraction of sp³-hybridized carbons (Fsp3) is 0.533. The summed E-state index contributed by atoms with van der Waals surface area (Å²) in [6, 6.07) is 3.50. The summed E-state index contributed by atoms with van der Waals surface area (Å²) in [5, 5.41) is 3.41. The van der Waals surface area contributed by atoms with Gasteiger partial charge in [0.25, 0.3) is 0 Å². The van der Waals surface area contributed by atoms with Crippen molar-refractivity contribution in [3.05, 3.63) is 29.0 Å². The summed E-state index contributed by atoms with van der Waals surface area (Å²) in [6.07, 6.45) is 4.47. The van der Waals surface area contributed by atoms with Crippen LogP contribution in [0.2, 0.25) is 5.02 Å². The zero-order chi connectivity index (χ0) is 15.2. The predicted molar refractivity (Wildman–Crippen MR) is 78.6 cm³/mol. The number of nitrogens with one attached hydrogen (secondary N) is 1. The Bertz CT molecular complexity index is 513. The summed E-state index contributed by atoms with van der Waals surface area (Å²) < 4.78 is 4.74. The van der Waals surface area contributed by atoms with Crippen molar-refractivity contribution in [1.82, 2.24) is 10.3 Å². The van der Waals surface area contributed by atoms with Gasteiger partial charge in [-0.2, -0.15) is 0 Å². The van der Waals surface area contributed by atoms with E-state index in [0.29, 0.717) is 42.9 Å². The largest absolute Gasteiger partial charge is 0.469 e. The predicted octanol–water partition coefficient (Wildman–Crippen LogP) is 2.33. The number of pyridine rings is 1. The molecule has 1 heterocycles. The zero-order valence-corrected chi connectivity index (χ0v) is 12.7. The van der Waals surface area contributed by atoms with E-state index in [1.54, 1.807) is 18.3 Å². The number of carbonyl (C=O) groups excluding carboxylic acids is 2. The molecule has 6 heteroatoms. The van der Waals surface area contributed by atoms with Gasteiger partial charge in [0.15, 0.2) is 0 Å². The van der Waals surface area contributed by atoms with Crippen molar-refractivity contribution in [2.45, 2.75) is 32.2 Å². The van der Waals surface area contributed by atoms with Crippen molar-refractivity contribution in [3.8, 4) is 0 Å². The van der Waals surface area contributed by atoms with Gasteiger partial charge in [-0.1, -0.05) is 11.6 Å². The average molecular weight is 311 g/mol. The van der Waals surface area contributed by atoms with E-state index < -0.39 is 0 Å². The normalized spacial score (nSPS) is 21.6. The van der Waals surface area contributed by atoms with Crippen LogP contribution in [0.1, 0.15) is 31.4 Å². The Hall–Kier alpha value is -1.62. The van der Waals surface area contributed by atoms with E-state index in [2.05, 4.69) is 10.3 Å². The van der Waals surface area contributed by atoms with Crippen molar-refractivity contribution in [1.29, 1.82) is 0 Å². The molecule has 0 saturated heterocycles. The lowest BCUT2D eigenvalue weighted by Gasteiger charge is -2.26. The molecule has 1 saturated carbocycles. The molecule has 0 spiro atoms. The lowest BCUT2D eigenvalue weighted by Crippen LogP contribution is -2.34. The van der Waals surface area contributed by atoms with Gasteiger partial charge in [0, 0.05) is 12.1 Å². The van der Waals surface area contributed by atoms with Crippen molar-refractivity contribution in [2.24, 2.45) is 11.8 Å². The first kappa shape index (κ1) is 15.8. The van der Waals surface area contributed by atoms with Gasteiger partial charge < -0.3 is 10.1 Å². The molecule has 1 aliphatic rings. The fourth-order valence-electron chi connectivity index (χ4n) is 2.62. The Kier molecular flexibility index (Phi) is 5.56. The van der Waals surface area contributed by atoms with Crippen LogP contribution in [0.4, 0.5) is 0 Å². The lowest BCUT2D eigenvalue weighted by atomic mass is 9.81. The molecule has 1 amide bonds. The summed E-state index contributed by atoms with van der Waals surface area (Å²) in [7, 11) is 1.40. The zero-order valence-electron chi connectivity index (χ0n) is 12.0. The molecule has 1 aliphatic carbocycles. The number of ether oxygens (including phenoxy) is 1. The lowest BCUT2D eigenvalue weighted by molar-refractivity contribution is -0.147. The molecule has 21 heavy (non-hydrogen) atoms. The van der Waals surface area contributed by atoms with E-state index in [9.17, 15) is 9.59 Å². The molecule has 0 unspecified atom stereocenters. The van der Waals surface area contributed by atoms with E-state index in [4.69, 9.17) is 16.3 Å². The van der Waals surface area contributed by atoms with Gasteiger partial charge in [-0.3, -0.25) is 14.6 Å². The van der Waals surface area contributed by atoms with Crippen LogP contribution < -0.4 is 5.32 Å². The third kappa shape index (κ3) is 4.17. The Morgan fingerprint density at radius 1 is 1.33 bits per heavy atom. The highest BCUT2D eigenvalue weighted by molar-refractivity contribution is 6.31. The summed E-state index contributed by atoms with van der Waals surface area (Å²) in [5.41, 5.74) is 0.663. The summed E-state index contributed by atoms with van der Waals surface area (Å²) in [6.45, 7) is 0.329. The first-order valence-electron chi connectivity index (χ1n) is 7.06. The molecule has 1 aromatic rings. The Labute approximate surface area is 129 Å². The first-order chi connectivity index (χ1) is 10.1. The molecule has 0 radical (unpaired) electrons. The van der Waals surface area contributed by atoms with E-state index in [1.165, 1.54) is 7.11 Å². The van der Waals surface area contributed by atoms with Gasteiger partial charge in [0.05, 0.1) is 30.3 Å². The number of nitrogens with zero attached hydrogens (tertiary/aromatic N) is 1. The number of halogens is 1. The third-order valence-corrected chi connectivity index (χ3v) is 4.24. The van der Waals surface area contributed by atoms with Crippen LogP contribution in [-0.2, 0) is 20.9 Å². The second kappa shape index (κ2) is 7.41. The van der Waals surface area contributed by atoms with Crippen molar-refractivity contribution >= 4 is 23.5 Å². The van der Waals surface area contributed by atoms with Gasteiger partial charge in [-0.25, -0.2) is 0 Å². The van der Waals surface area contributed by atoms with Gasteiger partial charge in [0.2, 0.25) is 5.91 Å². The van der Waals surface area contributed by atoms with E-state index in [0.717, 1.165) is 0 Å². The van der Waals surface area contributed by atoms with Crippen LogP contribution in [0.25, 0.3) is 0 Å². The highest BCUT2D eigenvalue weighted by Crippen LogP contribution is 2.29. The maximum Gasteiger partial charge on any atom is 0.308 e. The molecule has 0 aromatic carbocycles. The average Bonchev–Trinajstić information content (AvgIpc) is 2.53. The maximum absolute atomic E-state index is 12.1. The van der Waals surface area contributed by atoms with Crippen LogP contribution in [0.3, 0.4) is 0 Å². The van der Waals surface area contributed by atoms with E-state index >= 15 is 0 Å². The Morgan fingerprint density at radius 2 is 2.00 bits per heavy atom. The number of hydrogen-bond donors (Lipinski definition) is 1. The van der Waals surface area contributed by atoms with Crippen molar-refractivity contribution in [2.75, 3.05) is 7.11 Å². The molecular formula is C15H19ClN2O3. The summed E-state index contributed by atoms with van der Waals surface area (Å²) in [5.74, 6) is -0.285. The molecule has 5 nitrogen and oxygen atoms in total. The minimum Gasteiger partial charge on any atom is -0.469 e. The van der Waals surface area contributed by atoms with Crippen molar-refractivity contribution < 1.29 is 14.3 Å². The smallest absolute Gasteiger partial charge is 0.308 e. The number of hydrogen-bond acceptors (Lipinski definition) is 4. The summed E-state index contributed by atoms with van der Waals surface area (Å²) in [4.78, 5) is 27.7. The Morgan fingerprint density at radius 3 is 2.62 bits per heavy atom. The summed E-state index contributed by atoms with van der Waals surface area (Å²) >= 11 is 6.00. The van der Waals surface area contributed by atoms with E-state index in [1.807, 2.05) is 0 Å². The van der Waals surface area contributed by atoms with Gasteiger partial charge in [-0.15, -0.1) is 0 Å². The minimum atomic E-state index is -0.172. The quantitative estimate of drug-likeness (QED) is 0.867. The first-order valence-corrected chi connectivity index (χ1v) is 7.44. The number of carbonyl (C=O) groups is 2. The van der Waals surface area contributed by atoms with Gasteiger partial charge in [-0.05, 0) is 37.8 Å². The van der Waals surface area contributed by atoms with Crippen LogP contribution in [0.15, 0.2) is 18.3 Å². The number of amides is 1. The standard InChI is InChI=1S/C15H19ClN2O3/c1-21-15(20)11-6-4-10(5-7-11)14(19)18-9-13-12(16)3-2-8-17-13/h2-3,8,10-11H,4-7,9H2,1H3,(H,18,19). The number of rotatable bonds is 4. The minimum absolute atomic E-state index is 0.0000329. The highest BCUT2D eigenvalue weighted by Gasteiger charge is 2.30. The maximum atomic E-state index is 12.1. The van der Waals surface area contributed by atoms with Crippen LogP contribution >= 0.6 is 11.6 Å². The molecular weight excluding hydrogens is 292 g/mol.